The molecule has 0 unspecified atom stereocenters. The van der Waals surface area contributed by atoms with Crippen LogP contribution in [0, 0.1) is 0 Å². The van der Waals surface area contributed by atoms with E-state index in [1.807, 2.05) is 12.1 Å². The number of benzene rings is 2. The molecule has 0 atom stereocenters. The van der Waals surface area contributed by atoms with Crippen LogP contribution < -0.4 is 0 Å². The molecular formula is C12H4Br4O. The molecule has 0 aliphatic carbocycles. The fourth-order valence-electron chi connectivity index (χ4n) is 1.77. The first-order valence-corrected chi connectivity index (χ1v) is 7.90. The van der Waals surface area contributed by atoms with Crippen molar-refractivity contribution >= 4 is 85.7 Å². The lowest BCUT2D eigenvalue weighted by molar-refractivity contribution is 0.668. The summed E-state index contributed by atoms with van der Waals surface area (Å²) in [6, 6.07) is 8.07. The zero-order chi connectivity index (χ0) is 12.2. The molecule has 0 radical (unpaired) electrons. The van der Waals surface area contributed by atoms with Crippen molar-refractivity contribution in [1.82, 2.24) is 0 Å². The highest BCUT2D eigenvalue weighted by Crippen LogP contribution is 2.38. The zero-order valence-electron chi connectivity index (χ0n) is 8.23. The number of hydrogen-bond acceptors (Lipinski definition) is 1. The van der Waals surface area contributed by atoms with Gasteiger partial charge < -0.3 is 4.42 Å². The first kappa shape index (κ1) is 12.2. The lowest BCUT2D eigenvalue weighted by Crippen LogP contribution is -1.72. The first-order valence-electron chi connectivity index (χ1n) is 4.72. The quantitative estimate of drug-likeness (QED) is 0.349. The molecule has 1 heterocycles. The smallest absolute Gasteiger partial charge is 0.136 e. The molecule has 3 aromatic rings. The van der Waals surface area contributed by atoms with Gasteiger partial charge in [-0.2, -0.15) is 0 Å². The van der Waals surface area contributed by atoms with E-state index in [1.54, 1.807) is 0 Å². The highest BCUT2D eigenvalue weighted by Gasteiger charge is 2.11. The Labute approximate surface area is 131 Å². The third-order valence-electron chi connectivity index (χ3n) is 2.56. The molecule has 0 saturated carbocycles. The molecule has 0 fully saturated rings. The number of furan rings is 1. The summed E-state index contributed by atoms with van der Waals surface area (Å²) >= 11 is 14.0. The Morgan fingerprint density at radius 3 is 1.35 bits per heavy atom. The zero-order valence-corrected chi connectivity index (χ0v) is 14.6. The van der Waals surface area contributed by atoms with Crippen LogP contribution in [0.5, 0.6) is 0 Å². The first-order chi connectivity index (χ1) is 8.06. The lowest BCUT2D eigenvalue weighted by Gasteiger charge is -1.96. The average molecular weight is 484 g/mol. The summed E-state index contributed by atoms with van der Waals surface area (Å²) in [7, 11) is 0. The largest absolute Gasteiger partial charge is 0.456 e. The van der Waals surface area contributed by atoms with Gasteiger partial charge in [-0.15, -0.1) is 0 Å². The predicted molar refractivity (Wildman–Crippen MR) is 84.5 cm³/mol. The number of rotatable bonds is 0. The standard InChI is InChI=1S/C12H4Br4O/c13-7-1-5-6-2-8(14)10(16)4-12(6)17-11(5)3-9(7)15/h1-4H. The molecule has 5 heteroatoms. The molecular weight excluding hydrogens is 480 g/mol. The van der Waals surface area contributed by atoms with Crippen molar-refractivity contribution < 1.29 is 4.42 Å². The highest BCUT2D eigenvalue weighted by molar-refractivity contribution is 9.13. The van der Waals surface area contributed by atoms with Crippen molar-refractivity contribution in [1.29, 1.82) is 0 Å². The number of fused-ring (bicyclic) bond motifs is 3. The van der Waals surface area contributed by atoms with Crippen molar-refractivity contribution in [2.45, 2.75) is 0 Å². The van der Waals surface area contributed by atoms with Crippen LogP contribution in [0.1, 0.15) is 0 Å². The summed E-state index contributed by atoms with van der Waals surface area (Å²) in [4.78, 5) is 0. The van der Waals surface area contributed by atoms with E-state index in [1.165, 1.54) is 0 Å². The van der Waals surface area contributed by atoms with Crippen molar-refractivity contribution in [3.05, 3.63) is 42.2 Å². The summed E-state index contributed by atoms with van der Waals surface area (Å²) < 4.78 is 9.84. The molecule has 0 bridgehead atoms. The van der Waals surface area contributed by atoms with E-state index in [9.17, 15) is 0 Å². The molecule has 1 aromatic heterocycles. The SMILES string of the molecule is Brc1cc2oc3cc(Br)c(Br)cc3c2cc1Br. The second kappa shape index (κ2) is 4.37. The minimum Gasteiger partial charge on any atom is -0.456 e. The lowest BCUT2D eigenvalue weighted by atomic mass is 10.1. The van der Waals surface area contributed by atoms with E-state index in [0.717, 1.165) is 39.8 Å². The maximum atomic E-state index is 5.82. The number of halogens is 4. The Bertz CT molecular complexity index is 683. The molecule has 0 aliphatic heterocycles. The molecule has 2 aromatic carbocycles. The fourth-order valence-corrected chi connectivity index (χ4v) is 3.10. The second-order valence-electron chi connectivity index (χ2n) is 3.63. The highest BCUT2D eigenvalue weighted by atomic mass is 79.9. The fraction of sp³-hybridized carbons (Fsp3) is 0. The molecule has 0 amide bonds. The molecule has 0 N–H and O–H groups in total. The Morgan fingerprint density at radius 1 is 0.588 bits per heavy atom. The molecule has 0 saturated heterocycles. The molecule has 0 spiro atoms. The molecule has 0 aliphatic rings. The minimum atomic E-state index is 0.875. The Hall–Kier alpha value is 0.160. The minimum absolute atomic E-state index is 0.875. The van der Waals surface area contributed by atoms with E-state index in [2.05, 4.69) is 75.9 Å². The number of hydrogen-bond donors (Lipinski definition) is 0. The Morgan fingerprint density at radius 2 is 0.941 bits per heavy atom. The van der Waals surface area contributed by atoms with E-state index in [-0.39, 0.29) is 0 Å². The maximum Gasteiger partial charge on any atom is 0.136 e. The predicted octanol–water partition coefficient (Wildman–Crippen LogP) is 6.64. The maximum absolute atomic E-state index is 5.82. The van der Waals surface area contributed by atoms with E-state index in [4.69, 9.17) is 4.42 Å². The summed E-state index contributed by atoms with van der Waals surface area (Å²) in [5, 5.41) is 2.20. The van der Waals surface area contributed by atoms with Crippen LogP contribution in [0.25, 0.3) is 21.9 Å². The van der Waals surface area contributed by atoms with Gasteiger partial charge >= 0.3 is 0 Å². The van der Waals surface area contributed by atoms with Crippen molar-refractivity contribution in [3.8, 4) is 0 Å². The van der Waals surface area contributed by atoms with E-state index < -0.39 is 0 Å². The molecule has 17 heavy (non-hydrogen) atoms. The van der Waals surface area contributed by atoms with Gasteiger partial charge in [0, 0.05) is 28.7 Å². The van der Waals surface area contributed by atoms with Crippen LogP contribution in [0.4, 0.5) is 0 Å². The molecule has 86 valence electrons. The van der Waals surface area contributed by atoms with Gasteiger partial charge in [-0.1, -0.05) is 0 Å². The van der Waals surface area contributed by atoms with Crippen LogP contribution in [0.2, 0.25) is 0 Å². The average Bonchev–Trinajstić information content (AvgIpc) is 2.58. The molecule has 1 nitrogen and oxygen atoms in total. The third-order valence-corrected chi connectivity index (χ3v) is 6.24. The van der Waals surface area contributed by atoms with Gasteiger partial charge in [-0.25, -0.2) is 0 Å². The van der Waals surface area contributed by atoms with Gasteiger partial charge in [0.1, 0.15) is 11.2 Å². The molecule has 3 rings (SSSR count). The van der Waals surface area contributed by atoms with Crippen LogP contribution in [0.3, 0.4) is 0 Å². The summed E-state index contributed by atoms with van der Waals surface area (Å²) in [6.45, 7) is 0. The van der Waals surface area contributed by atoms with Crippen LogP contribution in [-0.2, 0) is 0 Å². The third kappa shape index (κ3) is 2.01. The van der Waals surface area contributed by atoms with Gasteiger partial charge in [0.15, 0.2) is 0 Å². The van der Waals surface area contributed by atoms with Gasteiger partial charge in [0.25, 0.3) is 0 Å². The van der Waals surface area contributed by atoms with Crippen LogP contribution in [0.15, 0.2) is 46.6 Å². The van der Waals surface area contributed by atoms with Gasteiger partial charge in [-0.05, 0) is 88.0 Å². The van der Waals surface area contributed by atoms with Crippen molar-refractivity contribution in [2.75, 3.05) is 0 Å². The van der Waals surface area contributed by atoms with E-state index >= 15 is 0 Å². The Balaban J connectivity index is 2.51. The topological polar surface area (TPSA) is 13.1 Å². The summed E-state index contributed by atoms with van der Waals surface area (Å²) in [5.41, 5.74) is 1.75. The van der Waals surface area contributed by atoms with Gasteiger partial charge in [0.05, 0.1) is 0 Å². The summed E-state index contributed by atoms with van der Waals surface area (Å²) in [5.74, 6) is 0. The monoisotopic (exact) mass is 480 g/mol. The normalized spacial score (nSPS) is 11.5. The van der Waals surface area contributed by atoms with E-state index in [0.29, 0.717) is 0 Å². The van der Waals surface area contributed by atoms with Crippen molar-refractivity contribution in [2.24, 2.45) is 0 Å². The van der Waals surface area contributed by atoms with Crippen LogP contribution in [-0.4, -0.2) is 0 Å². The van der Waals surface area contributed by atoms with Gasteiger partial charge in [0.2, 0.25) is 0 Å². The van der Waals surface area contributed by atoms with Gasteiger partial charge in [-0.3, -0.25) is 0 Å². The van der Waals surface area contributed by atoms with Crippen LogP contribution >= 0.6 is 63.7 Å². The van der Waals surface area contributed by atoms with Crippen molar-refractivity contribution in [3.63, 3.8) is 0 Å². The second-order valence-corrected chi connectivity index (χ2v) is 7.04. The summed E-state index contributed by atoms with van der Waals surface area (Å²) in [6.07, 6.45) is 0. The Kier molecular flexibility index (Phi) is 3.14.